The van der Waals surface area contributed by atoms with E-state index >= 15 is 0 Å². The van der Waals surface area contributed by atoms with Crippen LogP contribution in [0.15, 0.2) is 0 Å². The third-order valence-electron chi connectivity index (χ3n) is 13.8. The first-order chi connectivity index (χ1) is 15.5. The molecule has 5 fully saturated rings. The molecular weight excluding hydrogens is 396 g/mol. The molecule has 0 aromatic carbocycles. The number of rotatable bonds is 3. The summed E-state index contributed by atoms with van der Waals surface area (Å²) in [6.45, 7) is 25.1. The first kappa shape index (κ1) is 27.2. The summed E-state index contributed by atoms with van der Waals surface area (Å²) in [6.07, 6.45) is 23.1. The molecule has 2 spiro atoms. The highest BCUT2D eigenvalue weighted by Gasteiger charge is 2.85. The predicted molar refractivity (Wildman–Crippen MR) is 146 cm³/mol. The van der Waals surface area contributed by atoms with Gasteiger partial charge in [0.1, 0.15) is 0 Å². The molecule has 0 N–H and O–H groups in total. The summed E-state index contributed by atoms with van der Waals surface area (Å²) >= 11 is 0. The van der Waals surface area contributed by atoms with Gasteiger partial charge in [-0.3, -0.25) is 0 Å². The van der Waals surface area contributed by atoms with E-state index in [-0.39, 0.29) is 0 Å². The van der Waals surface area contributed by atoms with E-state index < -0.39 is 0 Å². The van der Waals surface area contributed by atoms with Crippen molar-refractivity contribution in [1.29, 1.82) is 0 Å². The molecule has 33 heavy (non-hydrogen) atoms. The van der Waals surface area contributed by atoms with Crippen molar-refractivity contribution >= 4 is 0 Å². The molecule has 190 valence electrons. The van der Waals surface area contributed by atoms with Crippen LogP contribution < -0.4 is 0 Å². The monoisotopic (exact) mass is 454 g/mol. The first-order valence-corrected chi connectivity index (χ1v) is 14.9. The van der Waals surface area contributed by atoms with Crippen molar-refractivity contribution in [3.63, 3.8) is 0 Å². The topological polar surface area (TPSA) is 0 Å². The fourth-order valence-electron chi connectivity index (χ4n) is 11.9. The lowest BCUT2D eigenvalue weighted by atomic mass is 9.41. The van der Waals surface area contributed by atoms with Gasteiger partial charge in [0.15, 0.2) is 0 Å². The maximum atomic E-state index is 4.00. The normalized spacial score (nSPS) is 51.7. The molecule has 5 aliphatic rings. The Labute approximate surface area is 208 Å². The van der Waals surface area contributed by atoms with E-state index in [1.807, 2.05) is 13.8 Å². The van der Waals surface area contributed by atoms with Gasteiger partial charge in [-0.05, 0) is 114 Å². The molecule has 5 saturated carbocycles. The second-order valence-corrected chi connectivity index (χ2v) is 14.0. The van der Waals surface area contributed by atoms with Gasteiger partial charge in [-0.1, -0.05) is 82.1 Å². The minimum atomic E-state index is 0.552. The molecule has 5 aliphatic carbocycles. The zero-order valence-electron chi connectivity index (χ0n) is 24.2. The molecule has 5 unspecified atom stereocenters. The quantitative estimate of drug-likeness (QED) is 0.372. The molecule has 0 aliphatic heterocycles. The van der Waals surface area contributed by atoms with E-state index in [4.69, 9.17) is 0 Å². The average Bonchev–Trinajstić information content (AvgIpc) is 3.20. The lowest BCUT2D eigenvalue weighted by Gasteiger charge is -2.63. The van der Waals surface area contributed by atoms with Gasteiger partial charge in [0.05, 0.1) is 0 Å². The zero-order valence-corrected chi connectivity index (χ0v) is 24.2. The Morgan fingerprint density at radius 3 is 1.94 bits per heavy atom. The third kappa shape index (κ3) is 3.08. The predicted octanol–water partition coefficient (Wildman–Crippen LogP) is 10.0. The molecule has 0 aromatic heterocycles. The second-order valence-electron chi connectivity index (χ2n) is 14.0. The van der Waals surface area contributed by atoms with Crippen LogP contribution in [0.2, 0.25) is 0 Å². The zero-order chi connectivity index (χ0) is 25.0. The Morgan fingerprint density at radius 1 is 0.758 bits per heavy atom. The Kier molecular flexibility index (Phi) is 7.32. The van der Waals surface area contributed by atoms with Gasteiger partial charge >= 0.3 is 0 Å². The minimum Gasteiger partial charge on any atom is -0.124 e. The van der Waals surface area contributed by atoms with Crippen molar-refractivity contribution in [2.75, 3.05) is 0 Å². The molecular formula is C33H58. The molecule has 0 aromatic rings. The van der Waals surface area contributed by atoms with E-state index in [0.717, 1.165) is 35.5 Å². The van der Waals surface area contributed by atoms with Gasteiger partial charge < -0.3 is 0 Å². The van der Waals surface area contributed by atoms with Crippen molar-refractivity contribution in [2.24, 2.45) is 62.6 Å². The highest BCUT2D eigenvalue weighted by atomic mass is 14.9. The highest BCUT2D eigenvalue weighted by Crippen LogP contribution is 2.91. The van der Waals surface area contributed by atoms with Crippen molar-refractivity contribution in [3.8, 4) is 12.8 Å². The van der Waals surface area contributed by atoms with E-state index in [1.54, 1.807) is 19.3 Å². The summed E-state index contributed by atoms with van der Waals surface area (Å²) in [6, 6.07) is 0. The standard InChI is InChI=1S/C29H50.C2H6.C2H2/c1-9-10-19(2)22-14-15-27(8)24-12-11-23-25(5,6)20(3)13-16-28(23)21(4)29(24,28)18-17-26(22,27)7;2*1-2/h19-24H,9-18H2,1-8H3;1-2H3;1-2H/t19-,20?,21-,22?,23?,24?,26-,27+,28?,29+;;/m1../s1. The average molecular weight is 455 g/mol. The van der Waals surface area contributed by atoms with E-state index in [2.05, 4.69) is 68.2 Å². The van der Waals surface area contributed by atoms with Crippen LogP contribution in [0, 0.1) is 75.4 Å². The molecule has 0 bridgehead atoms. The Balaban J connectivity index is 0.000000728. The van der Waals surface area contributed by atoms with Gasteiger partial charge in [0, 0.05) is 0 Å². The van der Waals surface area contributed by atoms with Crippen LogP contribution in [-0.2, 0) is 0 Å². The van der Waals surface area contributed by atoms with Crippen LogP contribution >= 0.6 is 0 Å². The number of terminal acetylenes is 1. The molecule has 5 rings (SSSR count). The van der Waals surface area contributed by atoms with Crippen LogP contribution in [0.5, 0.6) is 0 Å². The molecule has 0 nitrogen and oxygen atoms in total. The third-order valence-corrected chi connectivity index (χ3v) is 13.8. The first-order valence-electron chi connectivity index (χ1n) is 14.9. The van der Waals surface area contributed by atoms with E-state index in [1.165, 1.54) is 44.9 Å². The van der Waals surface area contributed by atoms with Crippen LogP contribution in [-0.4, -0.2) is 0 Å². The van der Waals surface area contributed by atoms with Crippen molar-refractivity contribution < 1.29 is 0 Å². The molecule has 0 radical (unpaired) electrons. The molecule has 0 heteroatoms. The fourth-order valence-corrected chi connectivity index (χ4v) is 11.9. The second kappa shape index (κ2) is 8.90. The Morgan fingerprint density at radius 2 is 1.33 bits per heavy atom. The van der Waals surface area contributed by atoms with E-state index in [0.29, 0.717) is 27.1 Å². The SMILES string of the molecule is C#C.CC.CCC[C@@H](C)C1CC[C@@]2(C)C3CCC4C(C)(C)C(C)CCC45[C@@H](C)[C@@]35CC[C@]12C. The Hall–Kier alpha value is -0.440. The number of fused-ring (bicyclic) bond motifs is 2. The fraction of sp³-hybridized carbons (Fsp3) is 0.939. The van der Waals surface area contributed by atoms with Crippen molar-refractivity contribution in [2.45, 2.75) is 133 Å². The lowest BCUT2D eigenvalue weighted by molar-refractivity contribution is -0.149. The minimum absolute atomic E-state index is 0.552. The highest BCUT2D eigenvalue weighted by molar-refractivity contribution is 5.33. The molecule has 0 amide bonds. The number of hydrogen-bond donors (Lipinski definition) is 0. The Bertz CT molecular complexity index is 715. The number of hydrogen-bond acceptors (Lipinski definition) is 0. The van der Waals surface area contributed by atoms with Crippen molar-refractivity contribution in [1.82, 2.24) is 0 Å². The van der Waals surface area contributed by atoms with Crippen LogP contribution in [0.4, 0.5) is 0 Å². The van der Waals surface area contributed by atoms with Crippen LogP contribution in [0.1, 0.15) is 133 Å². The van der Waals surface area contributed by atoms with Gasteiger partial charge in [0.2, 0.25) is 0 Å². The van der Waals surface area contributed by atoms with Gasteiger partial charge in [-0.25, -0.2) is 0 Å². The van der Waals surface area contributed by atoms with Crippen molar-refractivity contribution in [3.05, 3.63) is 0 Å². The summed E-state index contributed by atoms with van der Waals surface area (Å²) in [7, 11) is 0. The summed E-state index contributed by atoms with van der Waals surface area (Å²) < 4.78 is 0. The maximum Gasteiger partial charge on any atom is -0.0170 e. The summed E-state index contributed by atoms with van der Waals surface area (Å²) in [5.41, 5.74) is 3.18. The maximum absolute atomic E-state index is 4.00. The smallest absolute Gasteiger partial charge is 0.0170 e. The summed E-state index contributed by atoms with van der Waals surface area (Å²) in [5, 5.41) is 0. The van der Waals surface area contributed by atoms with E-state index in [9.17, 15) is 0 Å². The molecule has 0 saturated heterocycles. The van der Waals surface area contributed by atoms with Gasteiger partial charge in [-0.15, -0.1) is 12.8 Å². The molecule has 10 atom stereocenters. The van der Waals surface area contributed by atoms with Crippen LogP contribution in [0.3, 0.4) is 0 Å². The summed E-state index contributed by atoms with van der Waals surface area (Å²) in [4.78, 5) is 0. The van der Waals surface area contributed by atoms with Gasteiger partial charge in [0.25, 0.3) is 0 Å². The lowest BCUT2D eigenvalue weighted by Crippen LogP contribution is -2.56. The largest absolute Gasteiger partial charge is 0.124 e. The van der Waals surface area contributed by atoms with Crippen LogP contribution in [0.25, 0.3) is 0 Å². The van der Waals surface area contributed by atoms with Gasteiger partial charge in [-0.2, -0.15) is 0 Å². The molecule has 0 heterocycles. The summed E-state index contributed by atoms with van der Waals surface area (Å²) in [5.74, 6) is 5.83.